The highest BCUT2D eigenvalue weighted by molar-refractivity contribution is 8.00. The van der Waals surface area contributed by atoms with E-state index in [4.69, 9.17) is 11.6 Å². The van der Waals surface area contributed by atoms with Crippen molar-refractivity contribution >= 4 is 35.0 Å². The highest BCUT2D eigenvalue weighted by atomic mass is 35.5. The van der Waals surface area contributed by atoms with Gasteiger partial charge >= 0.3 is 0 Å². The number of Topliss-reactive ketones (excluding diaryl/α,β-unsaturated/α-hetero) is 1. The van der Waals surface area contributed by atoms with Gasteiger partial charge in [-0.05, 0) is 18.9 Å². The quantitative estimate of drug-likeness (QED) is 0.431. The lowest BCUT2D eigenvalue weighted by molar-refractivity contribution is -0.112. The highest BCUT2D eigenvalue weighted by Crippen LogP contribution is 2.22. The van der Waals surface area contributed by atoms with E-state index in [1.807, 2.05) is 0 Å². The van der Waals surface area contributed by atoms with E-state index in [0.717, 1.165) is 0 Å². The number of rotatable bonds is 1. The van der Waals surface area contributed by atoms with Gasteiger partial charge in [-0.1, -0.05) is 0 Å². The van der Waals surface area contributed by atoms with Crippen molar-refractivity contribution in [3.63, 3.8) is 0 Å². The molecule has 0 aromatic rings. The monoisotopic (exact) mass is 163 g/mol. The highest BCUT2D eigenvalue weighted by Gasteiger charge is 2.25. The first-order chi connectivity index (χ1) is 4.25. The zero-order chi connectivity index (χ0) is 6.85. The normalized spacial score (nSPS) is 26.7. The average molecular weight is 164 g/mol. The van der Waals surface area contributed by atoms with Crippen molar-refractivity contribution in [2.24, 2.45) is 4.40 Å². The van der Waals surface area contributed by atoms with Crippen LogP contribution in [0.4, 0.5) is 0 Å². The molecule has 0 radical (unpaired) electrons. The number of hydrogen-bond acceptors (Lipinski definition) is 3. The Morgan fingerprint density at radius 2 is 2.56 bits per heavy atom. The molecular weight excluding hydrogens is 158 g/mol. The summed E-state index contributed by atoms with van der Waals surface area (Å²) in [5, 5.41) is -0.119. The minimum absolute atomic E-state index is 0.0787. The van der Waals surface area contributed by atoms with Gasteiger partial charge in [0.05, 0.1) is 5.71 Å². The maximum atomic E-state index is 10.9. The van der Waals surface area contributed by atoms with Crippen LogP contribution in [0.2, 0.25) is 0 Å². The first kappa shape index (κ1) is 7.09. The zero-order valence-electron chi connectivity index (χ0n) is 4.93. The molecule has 50 valence electrons. The summed E-state index contributed by atoms with van der Waals surface area (Å²) >= 11 is 6.72. The molecule has 1 heterocycles. The van der Waals surface area contributed by atoms with Crippen molar-refractivity contribution in [2.75, 3.05) is 5.88 Å². The molecule has 1 atom stereocenters. The molecule has 1 unspecified atom stereocenters. The number of alkyl halides is 1. The third kappa shape index (κ3) is 1.27. The van der Waals surface area contributed by atoms with E-state index < -0.39 is 0 Å². The molecule has 1 rings (SSSR count). The van der Waals surface area contributed by atoms with Crippen molar-refractivity contribution in [3.8, 4) is 0 Å². The van der Waals surface area contributed by atoms with Crippen molar-refractivity contribution in [1.29, 1.82) is 0 Å². The SMILES string of the molecule is CC1=NSC(CCl)C1=O. The smallest absolute Gasteiger partial charge is 0.193 e. The van der Waals surface area contributed by atoms with Gasteiger partial charge in [-0.25, -0.2) is 4.40 Å². The molecule has 0 spiro atoms. The lowest BCUT2D eigenvalue weighted by Gasteiger charge is -1.96. The van der Waals surface area contributed by atoms with Gasteiger partial charge < -0.3 is 0 Å². The Hall–Kier alpha value is -0.0200. The van der Waals surface area contributed by atoms with E-state index in [-0.39, 0.29) is 11.0 Å². The van der Waals surface area contributed by atoms with Crippen LogP contribution in [0.25, 0.3) is 0 Å². The van der Waals surface area contributed by atoms with Crippen molar-refractivity contribution in [1.82, 2.24) is 0 Å². The summed E-state index contributed by atoms with van der Waals surface area (Å²) in [5.41, 5.74) is 0.589. The molecule has 0 bridgehead atoms. The predicted molar refractivity (Wildman–Crippen MR) is 40.2 cm³/mol. The molecule has 0 amide bonds. The van der Waals surface area contributed by atoms with E-state index in [1.54, 1.807) is 6.92 Å². The van der Waals surface area contributed by atoms with Gasteiger partial charge in [0, 0.05) is 5.88 Å². The summed E-state index contributed by atoms with van der Waals surface area (Å²) in [6.45, 7) is 1.71. The Labute approximate surface area is 62.8 Å². The van der Waals surface area contributed by atoms with Gasteiger partial charge in [-0.2, -0.15) is 0 Å². The number of carbonyl (C=O) groups excluding carboxylic acids is 1. The Morgan fingerprint density at radius 3 is 2.78 bits per heavy atom. The van der Waals surface area contributed by atoms with Gasteiger partial charge in [-0.3, -0.25) is 4.79 Å². The van der Waals surface area contributed by atoms with Gasteiger partial charge in [0.25, 0.3) is 0 Å². The maximum absolute atomic E-state index is 10.9. The molecule has 1 aliphatic heterocycles. The number of halogens is 1. The van der Waals surface area contributed by atoms with Crippen LogP contribution in [0.1, 0.15) is 6.92 Å². The summed E-state index contributed by atoms with van der Waals surface area (Å²) in [4.78, 5) is 10.9. The van der Waals surface area contributed by atoms with E-state index in [9.17, 15) is 4.79 Å². The van der Waals surface area contributed by atoms with Crippen LogP contribution < -0.4 is 0 Å². The van der Waals surface area contributed by atoms with Gasteiger partial charge in [-0.15, -0.1) is 11.6 Å². The predicted octanol–water partition coefficient (Wildman–Crippen LogP) is 1.29. The Kier molecular flexibility index (Phi) is 2.13. The van der Waals surface area contributed by atoms with Gasteiger partial charge in [0.2, 0.25) is 0 Å². The number of hydrogen-bond donors (Lipinski definition) is 0. The second-order valence-electron chi connectivity index (χ2n) is 1.79. The van der Waals surface area contributed by atoms with E-state index in [1.165, 1.54) is 11.9 Å². The van der Waals surface area contributed by atoms with Crippen LogP contribution in [-0.2, 0) is 4.79 Å². The fourth-order valence-electron chi connectivity index (χ4n) is 0.567. The summed E-state index contributed by atoms with van der Waals surface area (Å²) in [6.07, 6.45) is 0. The van der Waals surface area contributed by atoms with Crippen LogP contribution in [0, 0.1) is 0 Å². The van der Waals surface area contributed by atoms with Crippen molar-refractivity contribution < 1.29 is 4.79 Å². The molecule has 0 aromatic carbocycles. The summed E-state index contributed by atoms with van der Waals surface area (Å²) in [5.74, 6) is 0.444. The van der Waals surface area contributed by atoms with Gasteiger partial charge in [0.1, 0.15) is 5.25 Å². The third-order valence-corrected chi connectivity index (χ3v) is 2.61. The lowest BCUT2D eigenvalue weighted by Crippen LogP contribution is -2.19. The standard InChI is InChI=1S/C5H6ClNOS/c1-3-5(8)4(2-6)9-7-3/h4H,2H2,1H3. The molecule has 0 saturated carbocycles. The minimum atomic E-state index is -0.119. The fraction of sp³-hybridized carbons (Fsp3) is 0.600. The largest absolute Gasteiger partial charge is 0.291 e. The molecular formula is C5H6ClNOS. The summed E-state index contributed by atoms with van der Waals surface area (Å²) in [7, 11) is 0. The van der Waals surface area contributed by atoms with Crippen LogP contribution in [0.15, 0.2) is 4.40 Å². The van der Waals surface area contributed by atoms with Crippen LogP contribution in [0.5, 0.6) is 0 Å². The number of carbonyl (C=O) groups is 1. The molecule has 4 heteroatoms. The van der Waals surface area contributed by atoms with Crippen LogP contribution in [-0.4, -0.2) is 22.6 Å². The van der Waals surface area contributed by atoms with Crippen LogP contribution in [0.3, 0.4) is 0 Å². The number of nitrogens with zero attached hydrogens (tertiary/aromatic N) is 1. The second kappa shape index (κ2) is 2.71. The van der Waals surface area contributed by atoms with Crippen molar-refractivity contribution in [3.05, 3.63) is 0 Å². The maximum Gasteiger partial charge on any atom is 0.193 e. The molecule has 9 heavy (non-hydrogen) atoms. The van der Waals surface area contributed by atoms with E-state index in [0.29, 0.717) is 11.6 Å². The average Bonchev–Trinajstić information content (AvgIpc) is 2.15. The Morgan fingerprint density at radius 1 is 1.89 bits per heavy atom. The second-order valence-corrected chi connectivity index (χ2v) is 3.06. The Bertz CT molecular complexity index is 168. The summed E-state index contributed by atoms with van der Waals surface area (Å²) in [6, 6.07) is 0. The van der Waals surface area contributed by atoms with Crippen molar-refractivity contribution in [2.45, 2.75) is 12.2 Å². The molecule has 0 fully saturated rings. The van der Waals surface area contributed by atoms with Crippen LogP contribution >= 0.6 is 23.5 Å². The molecule has 2 nitrogen and oxygen atoms in total. The topological polar surface area (TPSA) is 29.4 Å². The number of ketones is 1. The van der Waals surface area contributed by atoms with E-state index >= 15 is 0 Å². The first-order valence-electron chi connectivity index (χ1n) is 2.56. The molecule has 0 aliphatic carbocycles. The van der Waals surface area contributed by atoms with Gasteiger partial charge in [0.15, 0.2) is 5.78 Å². The zero-order valence-corrected chi connectivity index (χ0v) is 6.50. The summed E-state index contributed by atoms with van der Waals surface area (Å²) < 4.78 is 3.87. The molecule has 0 aromatic heterocycles. The Balaban J connectivity index is 2.62. The third-order valence-electron chi connectivity index (χ3n) is 1.11. The molecule has 1 aliphatic rings. The minimum Gasteiger partial charge on any atom is -0.291 e. The molecule has 0 N–H and O–H groups in total. The first-order valence-corrected chi connectivity index (χ1v) is 3.93. The van der Waals surface area contributed by atoms with E-state index in [2.05, 4.69) is 4.40 Å². The fourth-order valence-corrected chi connectivity index (χ4v) is 1.57. The lowest BCUT2D eigenvalue weighted by atomic mass is 10.2. The molecule has 0 saturated heterocycles.